The lowest BCUT2D eigenvalue weighted by atomic mass is 10.2. The van der Waals surface area contributed by atoms with Crippen LogP contribution in [0.2, 0.25) is 0 Å². The van der Waals surface area contributed by atoms with Gasteiger partial charge in [-0.25, -0.2) is 9.78 Å². The van der Waals surface area contributed by atoms with E-state index >= 15 is 0 Å². The predicted octanol–water partition coefficient (Wildman–Crippen LogP) is 3.13. The van der Waals surface area contributed by atoms with Gasteiger partial charge in [0.1, 0.15) is 5.65 Å². The Hall–Kier alpha value is -3.39. The van der Waals surface area contributed by atoms with Gasteiger partial charge in [0.15, 0.2) is 0 Å². The van der Waals surface area contributed by atoms with Crippen LogP contribution in [0.5, 0.6) is 0 Å². The molecule has 28 heavy (non-hydrogen) atoms. The number of nitrogens with zero attached hydrogens (tertiary/aromatic N) is 2. The Balaban J connectivity index is 1.50. The quantitative estimate of drug-likeness (QED) is 0.548. The van der Waals surface area contributed by atoms with Gasteiger partial charge in [-0.15, -0.1) is 0 Å². The third-order valence-corrected chi connectivity index (χ3v) is 3.89. The van der Waals surface area contributed by atoms with Crippen molar-refractivity contribution in [2.45, 2.75) is 20.0 Å². The number of carbonyl (C=O) groups is 2. The molecule has 8 nitrogen and oxygen atoms in total. The molecule has 1 aromatic carbocycles. The first-order chi connectivity index (χ1) is 13.5. The maximum atomic E-state index is 12.2. The maximum Gasteiger partial charge on any atom is 0.323 e. The Kier molecular flexibility index (Phi) is 6.23. The lowest BCUT2D eigenvalue weighted by Gasteiger charge is -2.10. The Labute approximate surface area is 162 Å². The summed E-state index contributed by atoms with van der Waals surface area (Å²) in [4.78, 5) is 28.4. The molecule has 0 saturated carbocycles. The molecule has 0 radical (unpaired) electrons. The molecule has 0 spiro atoms. The van der Waals surface area contributed by atoms with Crippen LogP contribution in [0.1, 0.15) is 24.2 Å². The van der Waals surface area contributed by atoms with Gasteiger partial charge in [-0.05, 0) is 50.2 Å². The van der Waals surface area contributed by atoms with E-state index in [9.17, 15) is 9.59 Å². The highest BCUT2D eigenvalue weighted by Crippen LogP contribution is 2.12. The first-order valence-electron chi connectivity index (χ1n) is 9.02. The molecule has 0 aliphatic heterocycles. The molecule has 8 heteroatoms. The van der Waals surface area contributed by atoms with Crippen molar-refractivity contribution in [2.75, 3.05) is 23.8 Å². The molecule has 2 aromatic heterocycles. The fraction of sp³-hybridized carbons (Fsp3) is 0.250. The topological polar surface area (TPSA) is 96.8 Å². The van der Waals surface area contributed by atoms with Crippen LogP contribution in [-0.4, -0.2) is 40.6 Å². The summed E-state index contributed by atoms with van der Waals surface area (Å²) in [6.07, 6.45) is 5.40. The number of rotatable bonds is 7. The van der Waals surface area contributed by atoms with E-state index in [2.05, 4.69) is 20.9 Å². The van der Waals surface area contributed by atoms with Crippen LogP contribution < -0.4 is 16.0 Å². The normalized spacial score (nSPS) is 10.8. The van der Waals surface area contributed by atoms with Crippen molar-refractivity contribution in [1.29, 1.82) is 0 Å². The van der Waals surface area contributed by atoms with Crippen molar-refractivity contribution in [3.8, 4) is 0 Å². The number of urea groups is 1. The van der Waals surface area contributed by atoms with Crippen molar-refractivity contribution in [3.05, 3.63) is 60.6 Å². The molecule has 0 aliphatic rings. The molecule has 0 saturated heterocycles. The van der Waals surface area contributed by atoms with Gasteiger partial charge in [-0.2, -0.15) is 0 Å². The van der Waals surface area contributed by atoms with Gasteiger partial charge in [0.05, 0.1) is 18.4 Å². The molecule has 3 aromatic rings. The number of anilines is 2. The molecule has 3 rings (SSSR count). The Morgan fingerprint density at radius 3 is 2.54 bits per heavy atom. The van der Waals surface area contributed by atoms with E-state index in [0.717, 1.165) is 5.65 Å². The molecular weight excluding hydrogens is 358 g/mol. The van der Waals surface area contributed by atoms with Gasteiger partial charge in [-0.1, -0.05) is 0 Å². The summed E-state index contributed by atoms with van der Waals surface area (Å²) in [5.41, 5.74) is 2.54. The molecule has 3 N–H and O–H groups in total. The average Bonchev–Trinajstić information content (AvgIpc) is 3.13. The van der Waals surface area contributed by atoms with Gasteiger partial charge in [0, 0.05) is 36.4 Å². The van der Waals surface area contributed by atoms with Crippen LogP contribution in [0, 0.1) is 0 Å². The molecule has 146 valence electrons. The summed E-state index contributed by atoms with van der Waals surface area (Å²) in [7, 11) is 0. The van der Waals surface area contributed by atoms with Crippen LogP contribution in [0.15, 0.2) is 55.0 Å². The van der Waals surface area contributed by atoms with Crippen molar-refractivity contribution in [1.82, 2.24) is 14.7 Å². The Morgan fingerprint density at radius 1 is 1.07 bits per heavy atom. The van der Waals surface area contributed by atoms with Crippen LogP contribution in [0.25, 0.3) is 5.65 Å². The third-order valence-electron chi connectivity index (χ3n) is 3.89. The lowest BCUT2D eigenvalue weighted by molar-refractivity contribution is 0.0746. The molecular formula is C20H23N5O3. The number of nitrogens with one attached hydrogen (secondary N) is 3. The van der Waals surface area contributed by atoms with Gasteiger partial charge < -0.3 is 25.1 Å². The van der Waals surface area contributed by atoms with Gasteiger partial charge in [0.25, 0.3) is 5.91 Å². The second-order valence-electron chi connectivity index (χ2n) is 6.44. The average molecular weight is 381 g/mol. The van der Waals surface area contributed by atoms with Crippen LogP contribution >= 0.6 is 0 Å². The molecule has 0 bridgehead atoms. The second kappa shape index (κ2) is 9.01. The largest absolute Gasteiger partial charge is 0.377 e. The number of ether oxygens (including phenoxy) is 1. The fourth-order valence-corrected chi connectivity index (χ4v) is 2.55. The second-order valence-corrected chi connectivity index (χ2v) is 6.44. The Morgan fingerprint density at radius 2 is 1.79 bits per heavy atom. The van der Waals surface area contributed by atoms with E-state index in [1.165, 1.54) is 0 Å². The summed E-state index contributed by atoms with van der Waals surface area (Å²) in [6.45, 7) is 4.80. The van der Waals surface area contributed by atoms with Crippen LogP contribution in [-0.2, 0) is 4.74 Å². The van der Waals surface area contributed by atoms with E-state index in [-0.39, 0.29) is 18.0 Å². The Bertz CT molecular complexity index is 950. The first-order valence-corrected chi connectivity index (χ1v) is 9.02. The summed E-state index contributed by atoms with van der Waals surface area (Å²) in [6, 6.07) is 9.89. The standard InChI is InChI=1S/C20H23N5O3/c1-14(2)28-12-10-22-19(26)15-3-5-16(6-4-15)23-20(27)24-17-7-8-18-21-9-11-25(18)13-17/h3-9,11,13-14H,10,12H2,1-2H3,(H,22,26)(H2,23,24,27). The van der Waals surface area contributed by atoms with E-state index < -0.39 is 0 Å². The highest BCUT2D eigenvalue weighted by Gasteiger charge is 2.07. The molecule has 0 aliphatic carbocycles. The minimum absolute atomic E-state index is 0.135. The van der Waals surface area contributed by atoms with Crippen LogP contribution in [0.4, 0.5) is 16.2 Å². The van der Waals surface area contributed by atoms with Gasteiger partial charge in [0.2, 0.25) is 0 Å². The summed E-state index contributed by atoms with van der Waals surface area (Å²) in [5.74, 6) is -0.183. The first kappa shape index (κ1) is 19.4. The number of aromatic nitrogens is 2. The minimum atomic E-state index is -0.373. The molecule has 3 amide bonds. The zero-order valence-electron chi connectivity index (χ0n) is 15.8. The fourth-order valence-electron chi connectivity index (χ4n) is 2.55. The molecule has 0 atom stereocenters. The lowest BCUT2D eigenvalue weighted by Crippen LogP contribution is -2.28. The number of hydrogen-bond acceptors (Lipinski definition) is 4. The maximum absolute atomic E-state index is 12.2. The van der Waals surface area contributed by atoms with E-state index in [4.69, 9.17) is 4.74 Å². The summed E-state index contributed by atoms with van der Waals surface area (Å²) in [5, 5.41) is 8.29. The van der Waals surface area contributed by atoms with E-state index in [0.29, 0.717) is 30.1 Å². The van der Waals surface area contributed by atoms with Crippen LogP contribution in [0.3, 0.4) is 0 Å². The summed E-state index contributed by atoms with van der Waals surface area (Å²) < 4.78 is 7.20. The van der Waals surface area contributed by atoms with Crippen molar-refractivity contribution in [3.63, 3.8) is 0 Å². The zero-order chi connectivity index (χ0) is 19.9. The molecule has 0 fully saturated rings. The number of pyridine rings is 1. The highest BCUT2D eigenvalue weighted by molar-refractivity contribution is 6.00. The zero-order valence-corrected chi connectivity index (χ0v) is 15.8. The number of fused-ring (bicyclic) bond motifs is 1. The highest BCUT2D eigenvalue weighted by atomic mass is 16.5. The number of hydrogen-bond donors (Lipinski definition) is 3. The van der Waals surface area contributed by atoms with E-state index in [1.807, 2.05) is 24.3 Å². The monoisotopic (exact) mass is 381 g/mol. The molecule has 0 unspecified atom stereocenters. The van der Waals surface area contributed by atoms with Gasteiger partial charge >= 0.3 is 6.03 Å². The van der Waals surface area contributed by atoms with Crippen molar-refractivity contribution >= 4 is 29.0 Å². The summed E-state index contributed by atoms with van der Waals surface area (Å²) >= 11 is 0. The SMILES string of the molecule is CC(C)OCCNC(=O)c1ccc(NC(=O)Nc2ccc3nccn3c2)cc1. The van der Waals surface area contributed by atoms with Crippen molar-refractivity contribution < 1.29 is 14.3 Å². The third kappa shape index (κ3) is 5.31. The number of carbonyl (C=O) groups excluding carboxylic acids is 2. The smallest absolute Gasteiger partial charge is 0.323 e. The minimum Gasteiger partial charge on any atom is -0.377 e. The number of imidazole rings is 1. The van der Waals surface area contributed by atoms with Crippen molar-refractivity contribution in [2.24, 2.45) is 0 Å². The number of amides is 3. The predicted molar refractivity (Wildman–Crippen MR) is 108 cm³/mol. The van der Waals surface area contributed by atoms with E-state index in [1.54, 1.807) is 48.9 Å². The number of benzene rings is 1. The molecule has 2 heterocycles. The van der Waals surface area contributed by atoms with Gasteiger partial charge in [-0.3, -0.25) is 4.79 Å².